The molecule has 0 bridgehead atoms. The summed E-state index contributed by atoms with van der Waals surface area (Å²) in [5.41, 5.74) is 7.32. The van der Waals surface area contributed by atoms with Crippen molar-refractivity contribution < 1.29 is 18.0 Å². The number of hydrogen-bond acceptors (Lipinski definition) is 5. The molecule has 0 spiro atoms. The predicted octanol–water partition coefficient (Wildman–Crippen LogP) is 3.89. The Balaban J connectivity index is 1.53. The lowest BCUT2D eigenvalue weighted by molar-refractivity contribution is 0.1000. The number of nitrogens with zero attached hydrogens (tertiary/aromatic N) is 1. The van der Waals surface area contributed by atoms with Gasteiger partial charge < -0.3 is 11.1 Å². The third kappa shape index (κ3) is 4.85. The highest BCUT2D eigenvalue weighted by Crippen LogP contribution is 2.39. The van der Waals surface area contributed by atoms with Crippen molar-refractivity contribution >= 4 is 38.2 Å². The second-order valence-corrected chi connectivity index (χ2v) is 12.7. The average Bonchev–Trinajstić information content (AvgIpc) is 3.10. The number of amides is 2. The number of nitrogens with one attached hydrogen (secondary N) is 1. The Labute approximate surface area is 199 Å². The van der Waals surface area contributed by atoms with Crippen LogP contribution in [0.4, 0.5) is 5.00 Å². The minimum Gasteiger partial charge on any atom is -0.365 e. The van der Waals surface area contributed by atoms with Crippen LogP contribution in [0.1, 0.15) is 64.8 Å². The monoisotopic (exact) mass is 489 g/mol. The highest BCUT2D eigenvalue weighted by atomic mass is 32.2. The topological polar surface area (TPSA) is 110 Å². The Morgan fingerprint density at radius 2 is 1.70 bits per heavy atom. The molecule has 2 amide bonds. The number of carbonyl (C=O) groups excluding carboxylic acids is 2. The number of carbonyl (C=O) groups is 2. The number of nitrogens with two attached hydrogens (primary N) is 1. The summed E-state index contributed by atoms with van der Waals surface area (Å²) >= 11 is 1.41. The van der Waals surface area contributed by atoms with Gasteiger partial charge in [-0.05, 0) is 73.3 Å². The van der Waals surface area contributed by atoms with Crippen molar-refractivity contribution in [3.8, 4) is 0 Å². The van der Waals surface area contributed by atoms with Crippen molar-refractivity contribution in [3.63, 3.8) is 0 Å². The van der Waals surface area contributed by atoms with Crippen molar-refractivity contribution in [1.82, 2.24) is 4.31 Å². The second-order valence-electron chi connectivity index (χ2n) is 9.67. The summed E-state index contributed by atoms with van der Waals surface area (Å²) in [6.07, 6.45) is 3.66. The van der Waals surface area contributed by atoms with Crippen LogP contribution in [0.5, 0.6) is 0 Å². The molecule has 33 heavy (non-hydrogen) atoms. The largest absolute Gasteiger partial charge is 0.365 e. The SMILES string of the molecule is CC1CCc2c(sc(NC(=O)c3ccc(S(=O)(=O)N4CC(C)CC(C)C4)cc3)c2C(N)=O)C1. The Hall–Kier alpha value is -2.23. The van der Waals surface area contributed by atoms with E-state index in [1.807, 2.05) is 0 Å². The first-order chi connectivity index (χ1) is 15.6. The Morgan fingerprint density at radius 1 is 1.06 bits per heavy atom. The van der Waals surface area contributed by atoms with Gasteiger partial charge in [0.25, 0.3) is 11.8 Å². The molecule has 1 aromatic heterocycles. The molecule has 0 saturated carbocycles. The van der Waals surface area contributed by atoms with E-state index in [2.05, 4.69) is 26.1 Å². The molecule has 1 aliphatic carbocycles. The third-order valence-corrected chi connectivity index (χ3v) is 9.59. The number of hydrogen-bond donors (Lipinski definition) is 2. The second kappa shape index (κ2) is 9.19. The molecule has 2 aliphatic rings. The summed E-state index contributed by atoms with van der Waals surface area (Å²) < 4.78 is 27.7. The molecule has 178 valence electrons. The molecule has 3 unspecified atom stereocenters. The van der Waals surface area contributed by atoms with Crippen molar-refractivity contribution in [2.24, 2.45) is 23.5 Å². The van der Waals surface area contributed by atoms with Gasteiger partial charge in [-0.1, -0.05) is 20.8 Å². The van der Waals surface area contributed by atoms with Gasteiger partial charge in [-0.15, -0.1) is 11.3 Å². The molecule has 1 saturated heterocycles. The van der Waals surface area contributed by atoms with E-state index in [-0.39, 0.29) is 4.90 Å². The summed E-state index contributed by atoms with van der Waals surface area (Å²) in [5, 5.41) is 3.30. The number of anilines is 1. The van der Waals surface area contributed by atoms with Crippen LogP contribution in [-0.4, -0.2) is 37.6 Å². The van der Waals surface area contributed by atoms with E-state index in [9.17, 15) is 18.0 Å². The fourth-order valence-corrected chi connectivity index (χ4v) is 8.09. The lowest BCUT2D eigenvalue weighted by atomic mass is 9.88. The highest BCUT2D eigenvalue weighted by molar-refractivity contribution is 7.89. The zero-order valence-corrected chi connectivity index (χ0v) is 20.9. The maximum Gasteiger partial charge on any atom is 0.256 e. The van der Waals surface area contributed by atoms with Gasteiger partial charge in [0.15, 0.2) is 0 Å². The molecule has 1 aromatic carbocycles. The molecule has 1 fully saturated rings. The van der Waals surface area contributed by atoms with Gasteiger partial charge in [-0.3, -0.25) is 9.59 Å². The predicted molar refractivity (Wildman–Crippen MR) is 130 cm³/mol. The molecule has 9 heteroatoms. The van der Waals surface area contributed by atoms with Crippen LogP contribution in [0.2, 0.25) is 0 Å². The average molecular weight is 490 g/mol. The first-order valence-corrected chi connectivity index (χ1v) is 13.7. The number of sulfonamides is 1. The summed E-state index contributed by atoms with van der Waals surface area (Å²) in [4.78, 5) is 26.3. The zero-order chi connectivity index (χ0) is 23.9. The van der Waals surface area contributed by atoms with Crippen molar-refractivity contribution in [3.05, 3.63) is 45.8 Å². The number of primary amides is 1. The lowest BCUT2D eigenvalue weighted by Gasteiger charge is -2.34. The quantitative estimate of drug-likeness (QED) is 0.664. The van der Waals surface area contributed by atoms with E-state index in [4.69, 9.17) is 5.73 Å². The van der Waals surface area contributed by atoms with Crippen LogP contribution in [0.25, 0.3) is 0 Å². The number of rotatable bonds is 5. The third-order valence-electron chi connectivity index (χ3n) is 6.57. The minimum atomic E-state index is -3.61. The smallest absolute Gasteiger partial charge is 0.256 e. The maximum absolute atomic E-state index is 13.1. The number of piperidine rings is 1. The Morgan fingerprint density at radius 3 is 2.30 bits per heavy atom. The van der Waals surface area contributed by atoms with E-state index in [1.165, 1.54) is 39.9 Å². The molecule has 3 N–H and O–H groups in total. The summed E-state index contributed by atoms with van der Waals surface area (Å²) in [7, 11) is -3.61. The van der Waals surface area contributed by atoms with Gasteiger partial charge in [0.05, 0.1) is 10.5 Å². The number of benzene rings is 1. The first-order valence-electron chi connectivity index (χ1n) is 11.4. The van der Waals surface area contributed by atoms with E-state index in [0.29, 0.717) is 47.0 Å². The zero-order valence-electron chi connectivity index (χ0n) is 19.3. The van der Waals surface area contributed by atoms with E-state index in [0.717, 1.165) is 36.1 Å². The number of fused-ring (bicyclic) bond motifs is 1. The molecule has 2 aromatic rings. The van der Waals surface area contributed by atoms with Crippen LogP contribution < -0.4 is 11.1 Å². The van der Waals surface area contributed by atoms with Gasteiger partial charge in [0.2, 0.25) is 10.0 Å². The Kier molecular flexibility index (Phi) is 6.66. The van der Waals surface area contributed by atoms with Gasteiger partial charge in [0.1, 0.15) is 5.00 Å². The van der Waals surface area contributed by atoms with Gasteiger partial charge >= 0.3 is 0 Å². The van der Waals surface area contributed by atoms with Crippen LogP contribution >= 0.6 is 11.3 Å². The van der Waals surface area contributed by atoms with Gasteiger partial charge in [0, 0.05) is 23.5 Å². The van der Waals surface area contributed by atoms with Crippen LogP contribution in [0.15, 0.2) is 29.2 Å². The molecule has 3 atom stereocenters. The molecule has 2 heterocycles. The maximum atomic E-state index is 13.1. The normalized spacial score (nSPS) is 23.7. The fraction of sp³-hybridized carbons (Fsp3) is 0.500. The summed E-state index contributed by atoms with van der Waals surface area (Å²) in [5.74, 6) is 0.221. The van der Waals surface area contributed by atoms with Crippen molar-refractivity contribution in [2.75, 3.05) is 18.4 Å². The fourth-order valence-electron chi connectivity index (χ4n) is 5.00. The molecule has 4 rings (SSSR count). The standard InChI is InChI=1S/C24H31N3O4S2/c1-14-4-9-19-20(11-14)32-24(21(19)22(25)28)26-23(29)17-5-7-18(8-6-17)33(30,31)27-12-15(2)10-16(3)13-27/h5-8,14-16H,4,9-13H2,1-3H3,(H2,25,28)(H,26,29). The minimum absolute atomic E-state index is 0.179. The van der Waals surface area contributed by atoms with E-state index in [1.54, 1.807) is 0 Å². The summed E-state index contributed by atoms with van der Waals surface area (Å²) in [6.45, 7) is 7.31. The van der Waals surface area contributed by atoms with E-state index < -0.39 is 21.8 Å². The van der Waals surface area contributed by atoms with Gasteiger partial charge in [-0.25, -0.2) is 8.42 Å². The van der Waals surface area contributed by atoms with Gasteiger partial charge in [-0.2, -0.15) is 4.31 Å². The van der Waals surface area contributed by atoms with Crippen LogP contribution in [0, 0.1) is 17.8 Å². The Bertz CT molecular complexity index is 1160. The highest BCUT2D eigenvalue weighted by Gasteiger charge is 2.32. The van der Waals surface area contributed by atoms with Crippen molar-refractivity contribution in [1.29, 1.82) is 0 Å². The molecule has 7 nitrogen and oxygen atoms in total. The molecule has 1 aliphatic heterocycles. The van der Waals surface area contributed by atoms with Crippen molar-refractivity contribution in [2.45, 2.75) is 51.3 Å². The molecular formula is C24H31N3O4S2. The number of thiophene rings is 1. The molecule has 0 radical (unpaired) electrons. The lowest BCUT2D eigenvalue weighted by Crippen LogP contribution is -2.42. The van der Waals surface area contributed by atoms with Crippen LogP contribution in [-0.2, 0) is 22.9 Å². The summed E-state index contributed by atoms with van der Waals surface area (Å²) in [6, 6.07) is 5.98. The molecular weight excluding hydrogens is 458 g/mol. The van der Waals surface area contributed by atoms with Crippen LogP contribution in [0.3, 0.4) is 0 Å². The van der Waals surface area contributed by atoms with E-state index >= 15 is 0 Å². The first kappa shape index (κ1) is 23.9.